The highest BCUT2D eigenvalue weighted by molar-refractivity contribution is 5.77. The van der Waals surface area contributed by atoms with Crippen LogP contribution in [0.3, 0.4) is 0 Å². The molecule has 0 unspecified atom stereocenters. The van der Waals surface area contributed by atoms with Crippen LogP contribution in [0.25, 0.3) is 0 Å². The second-order valence-corrected chi connectivity index (χ2v) is 6.13. The van der Waals surface area contributed by atoms with E-state index in [2.05, 4.69) is 10.2 Å². The van der Waals surface area contributed by atoms with Gasteiger partial charge in [0.1, 0.15) is 5.82 Å². The van der Waals surface area contributed by atoms with Crippen LogP contribution in [-0.4, -0.2) is 30.4 Å². The average molecular weight is 278 g/mol. The van der Waals surface area contributed by atoms with Crippen LogP contribution in [0.5, 0.6) is 0 Å². The van der Waals surface area contributed by atoms with Crippen molar-refractivity contribution < 1.29 is 9.18 Å². The van der Waals surface area contributed by atoms with Gasteiger partial charge < -0.3 is 10.2 Å². The predicted octanol–water partition coefficient (Wildman–Crippen LogP) is 2.66. The van der Waals surface area contributed by atoms with Crippen LogP contribution >= 0.6 is 0 Å². The lowest BCUT2D eigenvalue weighted by atomic mass is 9.93. The van der Waals surface area contributed by atoms with Gasteiger partial charge in [-0.3, -0.25) is 4.79 Å². The number of halogens is 1. The fraction of sp³-hybridized carbons (Fsp3) is 0.562. The van der Waals surface area contributed by atoms with E-state index in [4.69, 9.17) is 0 Å². The summed E-state index contributed by atoms with van der Waals surface area (Å²) in [5.74, 6) is -0.298. The van der Waals surface area contributed by atoms with Crippen LogP contribution in [0.15, 0.2) is 24.3 Å². The van der Waals surface area contributed by atoms with Crippen LogP contribution in [0.2, 0.25) is 0 Å². The van der Waals surface area contributed by atoms with Gasteiger partial charge in [-0.1, -0.05) is 18.2 Å². The van der Waals surface area contributed by atoms with Crippen LogP contribution in [-0.2, 0) is 10.3 Å². The second-order valence-electron chi connectivity index (χ2n) is 6.13. The molecule has 3 nitrogen and oxygen atoms in total. The number of nitrogens with one attached hydrogen (secondary N) is 1. The van der Waals surface area contributed by atoms with Gasteiger partial charge in [0, 0.05) is 18.0 Å². The van der Waals surface area contributed by atoms with E-state index in [1.165, 1.54) is 6.07 Å². The second kappa shape index (κ2) is 5.92. The molecular weight excluding hydrogens is 255 g/mol. The lowest BCUT2D eigenvalue weighted by Gasteiger charge is -2.28. The third-order valence-corrected chi connectivity index (χ3v) is 4.09. The maximum Gasteiger partial charge on any atom is 0.222 e. The molecule has 4 heteroatoms. The molecule has 1 aliphatic rings. The molecule has 0 bridgehead atoms. The number of benzene rings is 1. The molecule has 1 saturated heterocycles. The molecular formula is C16H23FN2O. The summed E-state index contributed by atoms with van der Waals surface area (Å²) in [5.41, 5.74) is -0.173. The standard InChI is InChI=1S/C16H23FN2O/c1-16(2,13-8-4-5-9-14(13)17)18-15(20)11-12-7-6-10-19(12)3/h4-5,8-9,12H,6-7,10-11H2,1-3H3,(H,18,20)/t12-/m1/s1. The molecule has 0 spiro atoms. The van der Waals surface area contributed by atoms with Crippen LogP contribution in [0.1, 0.15) is 38.7 Å². The van der Waals surface area contributed by atoms with Crippen molar-refractivity contribution in [2.24, 2.45) is 0 Å². The molecule has 110 valence electrons. The van der Waals surface area contributed by atoms with E-state index in [9.17, 15) is 9.18 Å². The lowest BCUT2D eigenvalue weighted by Crippen LogP contribution is -2.43. The SMILES string of the molecule is CN1CCC[C@@H]1CC(=O)NC(C)(C)c1ccccc1F. The van der Waals surface area contributed by atoms with Crippen molar-refractivity contribution >= 4 is 5.91 Å². The van der Waals surface area contributed by atoms with Crippen LogP contribution < -0.4 is 5.32 Å². The lowest BCUT2D eigenvalue weighted by molar-refractivity contribution is -0.123. The molecule has 1 amide bonds. The van der Waals surface area contributed by atoms with Gasteiger partial charge in [-0.25, -0.2) is 4.39 Å². The van der Waals surface area contributed by atoms with E-state index >= 15 is 0 Å². The molecule has 1 aromatic rings. The molecule has 1 atom stereocenters. The minimum Gasteiger partial charge on any atom is -0.347 e. The van der Waals surface area contributed by atoms with E-state index in [0.717, 1.165) is 19.4 Å². The zero-order chi connectivity index (χ0) is 14.8. The Kier molecular flexibility index (Phi) is 4.43. The Hall–Kier alpha value is -1.42. The number of hydrogen-bond acceptors (Lipinski definition) is 2. The number of carbonyl (C=O) groups is 1. The van der Waals surface area contributed by atoms with Gasteiger partial charge in [0.2, 0.25) is 5.91 Å². The Balaban J connectivity index is 2.01. The normalized spacial score (nSPS) is 20.1. The molecule has 0 radical (unpaired) electrons. The molecule has 1 aromatic carbocycles. The predicted molar refractivity (Wildman–Crippen MR) is 77.8 cm³/mol. The highest BCUT2D eigenvalue weighted by Gasteiger charge is 2.29. The summed E-state index contributed by atoms with van der Waals surface area (Å²) in [4.78, 5) is 14.4. The molecule has 1 heterocycles. The first-order valence-electron chi connectivity index (χ1n) is 7.16. The van der Waals surface area contributed by atoms with Crippen molar-refractivity contribution in [1.82, 2.24) is 10.2 Å². The highest BCUT2D eigenvalue weighted by atomic mass is 19.1. The zero-order valence-electron chi connectivity index (χ0n) is 12.4. The van der Waals surface area contributed by atoms with Crippen LogP contribution in [0.4, 0.5) is 4.39 Å². The van der Waals surface area contributed by atoms with E-state index < -0.39 is 5.54 Å². The Labute approximate surface area is 120 Å². The Morgan fingerprint density at radius 3 is 2.75 bits per heavy atom. The smallest absolute Gasteiger partial charge is 0.222 e. The van der Waals surface area contributed by atoms with Crippen molar-refractivity contribution in [2.75, 3.05) is 13.6 Å². The highest BCUT2D eigenvalue weighted by Crippen LogP contribution is 2.24. The van der Waals surface area contributed by atoms with Crippen LogP contribution in [0, 0.1) is 5.82 Å². The van der Waals surface area contributed by atoms with Crippen molar-refractivity contribution in [1.29, 1.82) is 0 Å². The quantitative estimate of drug-likeness (QED) is 0.918. The molecule has 0 saturated carbocycles. The van der Waals surface area contributed by atoms with Gasteiger partial charge in [-0.05, 0) is 46.3 Å². The Morgan fingerprint density at radius 2 is 2.15 bits per heavy atom. The molecule has 0 aromatic heterocycles. The fourth-order valence-electron chi connectivity index (χ4n) is 2.89. The summed E-state index contributed by atoms with van der Waals surface area (Å²) < 4.78 is 13.8. The summed E-state index contributed by atoms with van der Waals surface area (Å²) in [6.07, 6.45) is 2.68. The number of amides is 1. The first kappa shape index (κ1) is 15.0. The maximum atomic E-state index is 13.8. The van der Waals surface area contributed by atoms with Gasteiger partial charge in [0.05, 0.1) is 5.54 Å². The monoisotopic (exact) mass is 278 g/mol. The van der Waals surface area contributed by atoms with Gasteiger partial charge in [-0.15, -0.1) is 0 Å². The number of likely N-dealkylation sites (tertiary alicyclic amines) is 1. The fourth-order valence-corrected chi connectivity index (χ4v) is 2.89. The molecule has 1 fully saturated rings. The third-order valence-electron chi connectivity index (χ3n) is 4.09. The summed E-state index contributed by atoms with van der Waals surface area (Å²) in [5, 5.41) is 2.96. The van der Waals surface area contributed by atoms with Gasteiger partial charge >= 0.3 is 0 Å². The Bertz CT molecular complexity index is 487. The van der Waals surface area contributed by atoms with Crippen molar-refractivity contribution in [3.8, 4) is 0 Å². The average Bonchev–Trinajstić information content (AvgIpc) is 2.74. The maximum absolute atomic E-state index is 13.8. The zero-order valence-corrected chi connectivity index (χ0v) is 12.4. The summed E-state index contributed by atoms with van der Waals surface area (Å²) >= 11 is 0. The topological polar surface area (TPSA) is 32.3 Å². The Morgan fingerprint density at radius 1 is 1.45 bits per heavy atom. The van der Waals surface area contributed by atoms with E-state index in [-0.39, 0.29) is 11.7 Å². The summed E-state index contributed by atoms with van der Waals surface area (Å²) in [7, 11) is 2.05. The minimum atomic E-state index is -0.695. The van der Waals surface area contributed by atoms with E-state index in [0.29, 0.717) is 18.0 Å². The van der Waals surface area contributed by atoms with Gasteiger partial charge in [0.25, 0.3) is 0 Å². The molecule has 0 aliphatic carbocycles. The van der Waals surface area contributed by atoms with Gasteiger partial charge in [-0.2, -0.15) is 0 Å². The largest absolute Gasteiger partial charge is 0.347 e. The van der Waals surface area contributed by atoms with E-state index in [1.54, 1.807) is 18.2 Å². The summed E-state index contributed by atoms with van der Waals surface area (Å²) in [6, 6.07) is 6.90. The molecule has 1 N–H and O–H groups in total. The van der Waals surface area contributed by atoms with Crippen molar-refractivity contribution in [3.05, 3.63) is 35.6 Å². The number of carbonyl (C=O) groups excluding carboxylic acids is 1. The molecule has 20 heavy (non-hydrogen) atoms. The number of rotatable bonds is 4. The first-order chi connectivity index (χ1) is 9.40. The third kappa shape index (κ3) is 3.37. The van der Waals surface area contributed by atoms with Gasteiger partial charge in [0.15, 0.2) is 0 Å². The number of nitrogens with zero attached hydrogens (tertiary/aromatic N) is 1. The molecule has 1 aliphatic heterocycles. The van der Waals surface area contributed by atoms with Crippen molar-refractivity contribution in [3.63, 3.8) is 0 Å². The van der Waals surface area contributed by atoms with E-state index in [1.807, 2.05) is 20.9 Å². The number of hydrogen-bond donors (Lipinski definition) is 1. The summed E-state index contributed by atoms with van der Waals surface area (Å²) in [6.45, 7) is 4.72. The first-order valence-corrected chi connectivity index (χ1v) is 7.16. The van der Waals surface area contributed by atoms with Crippen molar-refractivity contribution in [2.45, 2.75) is 44.7 Å². The molecule has 2 rings (SSSR count). The minimum absolute atomic E-state index is 0.0167.